The van der Waals surface area contributed by atoms with Crippen LogP contribution in [0.5, 0.6) is 0 Å². The molecule has 0 bridgehead atoms. The maximum atomic E-state index is 9.34. The first kappa shape index (κ1) is 13.7. The van der Waals surface area contributed by atoms with Gasteiger partial charge in [-0.05, 0) is 24.0 Å². The second-order valence-electron chi connectivity index (χ2n) is 5.30. The van der Waals surface area contributed by atoms with Crippen LogP contribution >= 0.6 is 0 Å². The van der Waals surface area contributed by atoms with Crippen molar-refractivity contribution in [2.45, 2.75) is 40.3 Å². The summed E-state index contributed by atoms with van der Waals surface area (Å²) in [6, 6.07) is 8.29. The number of hydrogen-bond acceptors (Lipinski definition) is 3. The number of benzene rings is 1. The Balaban J connectivity index is 2.30. The third-order valence-electron chi connectivity index (χ3n) is 3.20. The van der Waals surface area contributed by atoms with Crippen LogP contribution in [-0.2, 0) is 19.6 Å². The minimum Gasteiger partial charge on any atom is -0.388 e. The van der Waals surface area contributed by atoms with E-state index in [9.17, 15) is 5.11 Å². The van der Waals surface area contributed by atoms with Crippen molar-refractivity contribution in [3.8, 4) is 0 Å². The third kappa shape index (κ3) is 3.20. The van der Waals surface area contributed by atoms with Gasteiger partial charge in [0.2, 0.25) is 0 Å². The summed E-state index contributed by atoms with van der Waals surface area (Å²) < 4.78 is 2.04. The summed E-state index contributed by atoms with van der Waals surface area (Å²) in [4.78, 5) is 0. The number of aryl methyl sites for hydroxylation is 1. The molecule has 4 heteroatoms. The first-order chi connectivity index (χ1) is 9.11. The van der Waals surface area contributed by atoms with Crippen molar-refractivity contribution < 1.29 is 5.11 Å². The molecule has 102 valence electrons. The predicted octanol–water partition coefficient (Wildman–Crippen LogP) is 2.33. The topological polar surface area (TPSA) is 50.9 Å². The highest BCUT2D eigenvalue weighted by atomic mass is 16.3. The number of nitrogens with zero attached hydrogens (tertiary/aromatic N) is 3. The Morgan fingerprint density at radius 1 is 1.16 bits per heavy atom. The van der Waals surface area contributed by atoms with E-state index in [4.69, 9.17) is 0 Å². The van der Waals surface area contributed by atoms with E-state index in [0.717, 1.165) is 18.8 Å². The number of rotatable bonds is 5. The summed E-state index contributed by atoms with van der Waals surface area (Å²) >= 11 is 0. The maximum absolute atomic E-state index is 9.34. The zero-order valence-electron chi connectivity index (χ0n) is 11.8. The van der Waals surface area contributed by atoms with Gasteiger partial charge in [0.05, 0.1) is 0 Å². The predicted molar refractivity (Wildman–Crippen MR) is 74.8 cm³/mol. The van der Waals surface area contributed by atoms with Gasteiger partial charge in [0, 0.05) is 13.0 Å². The van der Waals surface area contributed by atoms with Crippen LogP contribution in [0.25, 0.3) is 0 Å². The van der Waals surface area contributed by atoms with Crippen LogP contribution in [0.4, 0.5) is 0 Å². The first-order valence-electron chi connectivity index (χ1n) is 6.68. The van der Waals surface area contributed by atoms with Crippen LogP contribution in [0.1, 0.15) is 36.6 Å². The molecule has 1 aromatic carbocycles. The second-order valence-corrected chi connectivity index (χ2v) is 5.30. The maximum Gasteiger partial charge on any atom is 0.158 e. The second kappa shape index (κ2) is 5.97. The van der Waals surface area contributed by atoms with Gasteiger partial charge in [0.1, 0.15) is 12.4 Å². The fourth-order valence-electron chi connectivity index (χ4n) is 2.17. The minimum atomic E-state index is -0.0620. The third-order valence-corrected chi connectivity index (χ3v) is 3.20. The number of hydrogen-bond donors (Lipinski definition) is 1. The van der Waals surface area contributed by atoms with E-state index in [1.54, 1.807) is 0 Å². The average Bonchev–Trinajstić information content (AvgIpc) is 2.74. The van der Waals surface area contributed by atoms with Crippen molar-refractivity contribution in [2.24, 2.45) is 5.92 Å². The van der Waals surface area contributed by atoms with E-state index >= 15 is 0 Å². The van der Waals surface area contributed by atoms with Gasteiger partial charge in [-0.15, -0.1) is 10.2 Å². The summed E-state index contributed by atoms with van der Waals surface area (Å²) in [6.07, 6.45) is 0.756. The van der Waals surface area contributed by atoms with E-state index in [-0.39, 0.29) is 6.61 Å². The lowest BCUT2D eigenvalue weighted by atomic mass is 10.1. The van der Waals surface area contributed by atoms with Gasteiger partial charge < -0.3 is 9.67 Å². The van der Waals surface area contributed by atoms with Crippen LogP contribution in [0, 0.1) is 12.8 Å². The van der Waals surface area contributed by atoms with Crippen molar-refractivity contribution in [3.05, 3.63) is 47.0 Å². The van der Waals surface area contributed by atoms with E-state index in [1.165, 1.54) is 11.1 Å². The number of aromatic nitrogens is 3. The zero-order valence-corrected chi connectivity index (χ0v) is 11.8. The Hall–Kier alpha value is -1.68. The Kier molecular flexibility index (Phi) is 4.32. The number of aliphatic hydroxyl groups excluding tert-OH is 1. The molecule has 2 aromatic rings. The highest BCUT2D eigenvalue weighted by Gasteiger charge is 2.13. The lowest BCUT2D eigenvalue weighted by Gasteiger charge is -2.12. The smallest absolute Gasteiger partial charge is 0.158 e. The highest BCUT2D eigenvalue weighted by Crippen LogP contribution is 2.15. The Labute approximate surface area is 114 Å². The molecule has 0 aliphatic rings. The van der Waals surface area contributed by atoms with Crippen molar-refractivity contribution in [2.75, 3.05) is 0 Å². The van der Waals surface area contributed by atoms with Gasteiger partial charge in [-0.25, -0.2) is 0 Å². The van der Waals surface area contributed by atoms with Gasteiger partial charge in [-0.3, -0.25) is 0 Å². The first-order valence-corrected chi connectivity index (χ1v) is 6.68. The molecule has 1 heterocycles. The van der Waals surface area contributed by atoms with Gasteiger partial charge in [0.25, 0.3) is 0 Å². The molecule has 1 aromatic heterocycles. The molecule has 0 saturated carbocycles. The lowest BCUT2D eigenvalue weighted by Crippen LogP contribution is -2.12. The minimum absolute atomic E-state index is 0.0620. The molecule has 0 aliphatic carbocycles. The zero-order chi connectivity index (χ0) is 13.8. The van der Waals surface area contributed by atoms with Crippen molar-refractivity contribution in [3.63, 3.8) is 0 Å². The van der Waals surface area contributed by atoms with Gasteiger partial charge in [0.15, 0.2) is 5.82 Å². The van der Waals surface area contributed by atoms with Crippen LogP contribution in [0.15, 0.2) is 24.3 Å². The molecule has 19 heavy (non-hydrogen) atoms. The van der Waals surface area contributed by atoms with Crippen LogP contribution in [0.3, 0.4) is 0 Å². The lowest BCUT2D eigenvalue weighted by molar-refractivity contribution is 0.261. The molecule has 4 nitrogen and oxygen atoms in total. The molecule has 1 N–H and O–H groups in total. The van der Waals surface area contributed by atoms with Crippen molar-refractivity contribution >= 4 is 0 Å². The van der Waals surface area contributed by atoms with Crippen LogP contribution in [-0.4, -0.2) is 19.9 Å². The summed E-state index contributed by atoms with van der Waals surface area (Å²) in [5.74, 6) is 2.07. The molecule has 0 amide bonds. The highest BCUT2D eigenvalue weighted by molar-refractivity contribution is 5.28. The average molecular weight is 259 g/mol. The summed E-state index contributed by atoms with van der Waals surface area (Å²) in [5, 5.41) is 17.6. The normalized spacial score (nSPS) is 11.2. The standard InChI is InChI=1S/C15H21N3O/c1-11(2)9-18-14(16-17-15(18)10-19)8-13-7-5-4-6-12(13)3/h4-7,11,19H,8-10H2,1-3H3. The number of aliphatic hydroxyl groups is 1. The molecule has 0 radical (unpaired) electrons. The molecule has 0 fully saturated rings. The fourth-order valence-corrected chi connectivity index (χ4v) is 2.17. The summed E-state index contributed by atoms with van der Waals surface area (Å²) in [6.45, 7) is 7.18. The Morgan fingerprint density at radius 3 is 2.47 bits per heavy atom. The van der Waals surface area contributed by atoms with E-state index in [2.05, 4.69) is 43.1 Å². The quantitative estimate of drug-likeness (QED) is 0.896. The Morgan fingerprint density at radius 2 is 1.84 bits per heavy atom. The SMILES string of the molecule is Cc1ccccc1Cc1nnc(CO)n1CC(C)C. The summed E-state index contributed by atoms with van der Waals surface area (Å²) in [7, 11) is 0. The molecule has 0 spiro atoms. The fraction of sp³-hybridized carbons (Fsp3) is 0.467. The molecule has 0 saturated heterocycles. The van der Waals surface area contributed by atoms with Gasteiger partial charge in [-0.1, -0.05) is 38.1 Å². The van der Waals surface area contributed by atoms with Crippen LogP contribution < -0.4 is 0 Å². The van der Waals surface area contributed by atoms with Crippen LogP contribution in [0.2, 0.25) is 0 Å². The largest absolute Gasteiger partial charge is 0.388 e. The Bertz CT molecular complexity index is 546. The molecular formula is C15H21N3O. The van der Waals surface area contributed by atoms with Gasteiger partial charge >= 0.3 is 0 Å². The molecule has 0 aliphatic heterocycles. The van der Waals surface area contributed by atoms with E-state index in [1.807, 2.05) is 16.7 Å². The molecule has 2 rings (SSSR count). The molecule has 0 unspecified atom stereocenters. The van der Waals surface area contributed by atoms with E-state index in [0.29, 0.717) is 11.7 Å². The van der Waals surface area contributed by atoms with Crippen molar-refractivity contribution in [1.82, 2.24) is 14.8 Å². The molecular weight excluding hydrogens is 238 g/mol. The van der Waals surface area contributed by atoms with Gasteiger partial charge in [-0.2, -0.15) is 0 Å². The summed E-state index contributed by atoms with van der Waals surface area (Å²) in [5.41, 5.74) is 2.51. The van der Waals surface area contributed by atoms with E-state index < -0.39 is 0 Å². The van der Waals surface area contributed by atoms with Crippen molar-refractivity contribution in [1.29, 1.82) is 0 Å². The monoisotopic (exact) mass is 259 g/mol. The molecule has 0 atom stereocenters.